The lowest BCUT2D eigenvalue weighted by Gasteiger charge is -2.49. The fraction of sp³-hybridized carbons (Fsp3) is 0.787. The summed E-state index contributed by atoms with van der Waals surface area (Å²) in [5, 5.41) is 11.0. The SMILES string of the molecule is COc1ccc(CSC2C(=O)O[C@@]3(C)[C@H]2[C@@H](C)C(=O)[C@@H]2CO[C@](C)(C2)[C@H](O[C@@H]2O[C@H](C)C[C@H](N(C)C)[C@H]2O)[C@@H](C)[C@H](O[C@H]2C[C@@](C)(OC)[C@@H](OC(C)=O)[C@H](C)O2)[C@@H](C)C(=O)O[C@@H]3I)cc1. The normalized spacial score (nSPS) is 43.9. The Morgan fingerprint density at radius 2 is 1.62 bits per heavy atom. The molecule has 0 spiro atoms. The van der Waals surface area contributed by atoms with Crippen LogP contribution < -0.4 is 4.74 Å². The number of carbonyl (C=O) groups excluding carboxylic acids is 4. The fourth-order valence-electron chi connectivity index (χ4n) is 10.8. The maximum atomic E-state index is 15.0. The van der Waals surface area contributed by atoms with Crippen molar-refractivity contribution in [3.8, 4) is 5.75 Å². The molecule has 16 nitrogen and oxygen atoms in total. The van der Waals surface area contributed by atoms with Gasteiger partial charge in [0.2, 0.25) is 0 Å². The highest BCUT2D eigenvalue weighted by atomic mass is 127. The first-order valence-corrected chi connectivity index (χ1v) is 24.9. The number of ketones is 1. The molecule has 1 unspecified atom stereocenters. The molecule has 1 N–H and O–H groups in total. The molecule has 0 radical (unpaired) electrons. The summed E-state index contributed by atoms with van der Waals surface area (Å²) in [6.45, 7) is 15.9. The molecule has 19 atom stereocenters. The van der Waals surface area contributed by atoms with E-state index in [1.807, 2.05) is 100 Å². The van der Waals surface area contributed by atoms with Gasteiger partial charge in [-0.05, 0) is 109 Å². The predicted octanol–water partition coefficient (Wildman–Crippen LogP) is 5.49. The lowest BCUT2D eigenvalue weighted by atomic mass is 9.72. The van der Waals surface area contributed by atoms with E-state index in [1.165, 1.54) is 25.8 Å². The minimum absolute atomic E-state index is 0.0656. The van der Waals surface area contributed by atoms with Gasteiger partial charge in [0.15, 0.2) is 28.4 Å². The van der Waals surface area contributed by atoms with E-state index in [1.54, 1.807) is 27.9 Å². The molecule has 0 amide bonds. The third-order valence-electron chi connectivity index (χ3n) is 14.5. The summed E-state index contributed by atoms with van der Waals surface area (Å²) in [6, 6.07) is 7.28. The molecule has 6 rings (SSSR count). The van der Waals surface area contributed by atoms with Crippen LogP contribution in [-0.2, 0) is 67.6 Å². The monoisotopic (exact) mass is 1050 g/mol. The Labute approximate surface area is 401 Å². The number of hydrogen-bond acceptors (Lipinski definition) is 17. The Morgan fingerprint density at radius 1 is 0.938 bits per heavy atom. The highest BCUT2D eigenvalue weighted by Crippen LogP contribution is 2.51. The zero-order valence-electron chi connectivity index (χ0n) is 40.0. The second-order valence-corrected chi connectivity index (χ2v) is 21.8. The zero-order valence-corrected chi connectivity index (χ0v) is 43.0. The number of methoxy groups -OCH3 is 2. The lowest BCUT2D eigenvalue weighted by molar-refractivity contribution is -0.318. The van der Waals surface area contributed by atoms with E-state index in [2.05, 4.69) is 0 Å². The van der Waals surface area contributed by atoms with E-state index in [4.69, 9.17) is 47.4 Å². The first-order valence-electron chi connectivity index (χ1n) is 22.6. The van der Waals surface area contributed by atoms with Crippen molar-refractivity contribution >= 4 is 58.0 Å². The number of Topliss-reactive ketones (excluding diaryl/α,β-unsaturated/α-hetero) is 1. The molecule has 5 heterocycles. The van der Waals surface area contributed by atoms with Gasteiger partial charge >= 0.3 is 17.9 Å². The molecule has 366 valence electrons. The predicted molar refractivity (Wildman–Crippen MR) is 247 cm³/mol. The van der Waals surface area contributed by atoms with Crippen LogP contribution >= 0.6 is 34.4 Å². The average Bonchev–Trinajstić information content (AvgIpc) is 3.78. The van der Waals surface area contributed by atoms with Gasteiger partial charge in [0.1, 0.15) is 28.5 Å². The largest absolute Gasteiger partial charge is 0.497 e. The van der Waals surface area contributed by atoms with E-state index in [-0.39, 0.29) is 37.4 Å². The summed E-state index contributed by atoms with van der Waals surface area (Å²) < 4.78 is 61.9. The van der Waals surface area contributed by atoms with Crippen molar-refractivity contribution in [1.29, 1.82) is 0 Å². The van der Waals surface area contributed by atoms with Crippen LogP contribution in [0.2, 0.25) is 0 Å². The van der Waals surface area contributed by atoms with Gasteiger partial charge in [-0.15, -0.1) is 11.8 Å². The molecule has 65 heavy (non-hydrogen) atoms. The van der Waals surface area contributed by atoms with E-state index in [0.29, 0.717) is 17.9 Å². The van der Waals surface area contributed by atoms with Crippen molar-refractivity contribution < 1.29 is 71.7 Å². The topological polar surface area (TPSA) is 184 Å². The van der Waals surface area contributed by atoms with Crippen LogP contribution in [0, 0.1) is 29.6 Å². The van der Waals surface area contributed by atoms with E-state index in [9.17, 15) is 24.3 Å². The molecule has 0 saturated carbocycles. The lowest BCUT2D eigenvalue weighted by Crippen LogP contribution is -2.61. The molecule has 5 fully saturated rings. The Hall–Kier alpha value is -2.14. The summed E-state index contributed by atoms with van der Waals surface area (Å²) in [6.07, 6.45) is -5.86. The molecule has 5 aliphatic rings. The maximum Gasteiger partial charge on any atom is 0.320 e. The van der Waals surface area contributed by atoms with Crippen molar-refractivity contribution in [2.75, 3.05) is 34.9 Å². The van der Waals surface area contributed by atoms with Gasteiger partial charge in [0, 0.05) is 55.9 Å². The van der Waals surface area contributed by atoms with E-state index >= 15 is 0 Å². The number of carbonyl (C=O) groups is 4. The molecule has 0 aliphatic carbocycles. The average molecular weight is 1050 g/mol. The molecule has 1 aromatic rings. The van der Waals surface area contributed by atoms with Crippen LogP contribution in [0.1, 0.15) is 87.1 Å². The van der Waals surface area contributed by atoms with Gasteiger partial charge in [-0.25, -0.2) is 0 Å². The van der Waals surface area contributed by atoms with Crippen LogP contribution in [-0.4, -0.2) is 150 Å². The summed E-state index contributed by atoms with van der Waals surface area (Å²) >= 11 is 3.39. The number of esters is 3. The van der Waals surface area contributed by atoms with E-state index < -0.39 is 117 Å². The molecule has 0 aromatic heterocycles. The summed E-state index contributed by atoms with van der Waals surface area (Å²) in [7, 11) is 6.91. The number of rotatable bonds is 11. The van der Waals surface area contributed by atoms with Crippen LogP contribution in [0.3, 0.4) is 0 Å². The van der Waals surface area contributed by atoms with Gasteiger partial charge in [0.05, 0.1) is 49.7 Å². The number of aliphatic hydroxyl groups excluding tert-OH is 1. The number of nitrogens with zero attached hydrogens (tertiary/aromatic N) is 1. The second-order valence-electron chi connectivity index (χ2n) is 19.6. The van der Waals surface area contributed by atoms with E-state index in [0.717, 1.165) is 5.56 Å². The molecular weight excluding hydrogens is 977 g/mol. The van der Waals surface area contributed by atoms with Crippen LogP contribution in [0.5, 0.6) is 5.75 Å². The number of thioether (sulfide) groups is 1. The van der Waals surface area contributed by atoms with Crippen molar-refractivity contribution in [2.45, 2.75) is 169 Å². The van der Waals surface area contributed by atoms with Crippen LogP contribution in [0.4, 0.5) is 0 Å². The molecule has 1 aromatic carbocycles. The van der Waals surface area contributed by atoms with Crippen molar-refractivity contribution in [3.63, 3.8) is 0 Å². The Kier molecular flexibility index (Phi) is 16.7. The van der Waals surface area contributed by atoms with Gasteiger partial charge in [-0.1, -0.05) is 26.0 Å². The zero-order chi connectivity index (χ0) is 47.9. The van der Waals surface area contributed by atoms with Crippen molar-refractivity contribution in [2.24, 2.45) is 29.6 Å². The number of aliphatic hydroxyl groups is 1. The standard InChI is InChI=1S/C47H70INO15S/c1-23-18-32(49(10)11)36(52)43(58-23)62-39-25(3)37(61-33-20-45(7,56-13)40(27(5)59-33)60-28(6)50)26(4)41(53)63-44(48)47(9)34(24(2)35(51)30-19-46(39,8)57-21-30)38(42(54)64-47)65-22-29-14-16-31(55-12)17-15-29/h14-17,23-27,30,32-34,36-40,43-44,52H,18-22H2,1-13H3/t23-,24-,25+,26-,27+,30+,32+,33+,34+,36-,37+,38?,39-,40+,43+,44+,45-,46-,47+/m1/s1. The van der Waals surface area contributed by atoms with Gasteiger partial charge in [-0.2, -0.15) is 0 Å². The van der Waals surface area contributed by atoms with Crippen molar-refractivity contribution in [3.05, 3.63) is 29.8 Å². The number of ether oxygens (including phenoxy) is 10. The summed E-state index contributed by atoms with van der Waals surface area (Å²) in [5.41, 5.74) is -2.65. The third kappa shape index (κ3) is 10.9. The van der Waals surface area contributed by atoms with Gasteiger partial charge in [0.25, 0.3) is 0 Å². The smallest absolute Gasteiger partial charge is 0.320 e. The molecule has 5 saturated heterocycles. The third-order valence-corrected chi connectivity index (χ3v) is 17.3. The maximum absolute atomic E-state index is 15.0. The number of halogens is 1. The van der Waals surface area contributed by atoms with Gasteiger partial charge in [-0.3, -0.25) is 19.2 Å². The summed E-state index contributed by atoms with van der Waals surface area (Å²) in [4.78, 5) is 57.9. The molecular formula is C47H70INO15S. The number of benzene rings is 1. The quantitative estimate of drug-likeness (QED) is 0.127. The minimum Gasteiger partial charge on any atom is -0.497 e. The molecule has 2 bridgehead atoms. The fourth-order valence-corrected chi connectivity index (χ4v) is 13.0. The Morgan fingerprint density at radius 3 is 2.23 bits per heavy atom. The number of hydrogen-bond donors (Lipinski definition) is 1. The first kappa shape index (κ1) is 52.2. The van der Waals surface area contributed by atoms with Crippen LogP contribution in [0.25, 0.3) is 0 Å². The number of alkyl halides is 1. The highest BCUT2D eigenvalue weighted by Gasteiger charge is 2.63. The Bertz CT molecular complexity index is 1860. The molecule has 18 heteroatoms. The first-order chi connectivity index (χ1) is 30.5. The van der Waals surface area contributed by atoms with Crippen LogP contribution in [0.15, 0.2) is 24.3 Å². The number of fused-ring (bicyclic) bond motifs is 3. The van der Waals surface area contributed by atoms with Gasteiger partial charge < -0.3 is 57.4 Å². The molecule has 5 aliphatic heterocycles. The second kappa shape index (κ2) is 20.8. The highest BCUT2D eigenvalue weighted by molar-refractivity contribution is 14.1. The number of cyclic esters (lactones) is 1. The summed E-state index contributed by atoms with van der Waals surface area (Å²) in [5.74, 6) is -4.32. The number of likely N-dealkylation sites (N-methyl/N-ethyl adjacent to an activating group) is 1. The van der Waals surface area contributed by atoms with Crippen molar-refractivity contribution in [1.82, 2.24) is 4.90 Å². The minimum atomic E-state index is -1.40. The Balaban J connectivity index is 1.40.